The maximum Gasteiger partial charge on any atom is 0.326 e. The van der Waals surface area contributed by atoms with Crippen LogP contribution >= 0.6 is 0 Å². The Kier molecular flexibility index (Phi) is 13.9. The summed E-state index contributed by atoms with van der Waals surface area (Å²) >= 11 is 0. The Morgan fingerprint density at radius 2 is 1.54 bits per heavy atom. The van der Waals surface area contributed by atoms with Crippen molar-refractivity contribution >= 4 is 35.6 Å². The monoisotopic (exact) mass is 501 g/mol. The van der Waals surface area contributed by atoms with E-state index in [0.29, 0.717) is 32.2 Å². The molecule has 0 spiro atoms. The van der Waals surface area contributed by atoms with Gasteiger partial charge in [0.1, 0.15) is 17.6 Å². The Bertz CT molecular complexity index is 783. The maximum absolute atomic E-state index is 13.0. The second kappa shape index (κ2) is 15.4. The number of carboxylic acids is 1. The molecule has 0 aromatic carbocycles. The Morgan fingerprint density at radius 1 is 0.914 bits per heavy atom. The molecule has 0 saturated carbocycles. The second-order valence-electron chi connectivity index (χ2n) is 8.55. The van der Waals surface area contributed by atoms with Gasteiger partial charge in [0.25, 0.3) is 0 Å². The predicted octanol–water partition coefficient (Wildman–Crippen LogP) is -3.68. The lowest BCUT2D eigenvalue weighted by molar-refractivity contribution is -0.144. The average molecular weight is 502 g/mol. The van der Waals surface area contributed by atoms with Crippen molar-refractivity contribution in [2.24, 2.45) is 33.7 Å². The van der Waals surface area contributed by atoms with E-state index in [9.17, 15) is 29.1 Å². The van der Waals surface area contributed by atoms with E-state index in [2.05, 4.69) is 20.9 Å². The molecule has 0 fully saturated rings. The summed E-state index contributed by atoms with van der Waals surface area (Å²) in [4.78, 5) is 64.3. The number of nitrogens with one attached hydrogen (secondary N) is 3. The van der Waals surface area contributed by atoms with E-state index in [1.54, 1.807) is 0 Å². The van der Waals surface area contributed by atoms with Gasteiger partial charge in [0.15, 0.2) is 5.96 Å². The van der Waals surface area contributed by atoms with Crippen molar-refractivity contribution in [1.82, 2.24) is 16.0 Å². The van der Waals surface area contributed by atoms with Crippen molar-refractivity contribution < 1.29 is 29.1 Å². The second-order valence-corrected chi connectivity index (χ2v) is 8.55. The molecular weight excluding hydrogens is 462 g/mol. The van der Waals surface area contributed by atoms with E-state index >= 15 is 0 Å². The van der Waals surface area contributed by atoms with E-state index in [1.165, 1.54) is 13.8 Å². The number of hydrogen-bond acceptors (Lipinski definition) is 8. The van der Waals surface area contributed by atoms with E-state index in [-0.39, 0.29) is 18.9 Å². The third-order valence-electron chi connectivity index (χ3n) is 4.90. The third-order valence-corrected chi connectivity index (χ3v) is 4.90. The highest BCUT2D eigenvalue weighted by atomic mass is 16.4. The first-order valence-corrected chi connectivity index (χ1v) is 11.2. The molecule has 0 unspecified atom stereocenters. The molecular formula is C20H39N9O6. The lowest BCUT2D eigenvalue weighted by Gasteiger charge is -2.29. The fourth-order valence-electron chi connectivity index (χ4n) is 2.88. The molecule has 0 bridgehead atoms. The minimum Gasteiger partial charge on any atom is -0.480 e. The normalized spacial score (nSPS) is 13.6. The van der Waals surface area contributed by atoms with Gasteiger partial charge in [0.05, 0.1) is 12.5 Å². The number of carbonyl (C=O) groups excluding carboxylic acids is 4. The van der Waals surface area contributed by atoms with Gasteiger partial charge in [-0.1, -0.05) is 6.42 Å². The number of carboxylic acid groups (broad SMARTS) is 1. The number of nitrogens with two attached hydrogens (primary N) is 5. The molecule has 14 N–H and O–H groups in total. The van der Waals surface area contributed by atoms with Crippen LogP contribution in [0.3, 0.4) is 0 Å². The van der Waals surface area contributed by atoms with Crippen molar-refractivity contribution in [2.75, 3.05) is 13.1 Å². The Hall–Kier alpha value is -3.46. The molecule has 0 saturated heterocycles. The van der Waals surface area contributed by atoms with Crippen LogP contribution < -0.4 is 44.6 Å². The third kappa shape index (κ3) is 13.1. The Morgan fingerprint density at radius 3 is 2.06 bits per heavy atom. The van der Waals surface area contributed by atoms with Gasteiger partial charge in [-0.2, -0.15) is 0 Å². The molecule has 0 radical (unpaired) electrons. The zero-order valence-electron chi connectivity index (χ0n) is 20.2. The van der Waals surface area contributed by atoms with Crippen LogP contribution in [0.25, 0.3) is 0 Å². The summed E-state index contributed by atoms with van der Waals surface area (Å²) in [5.41, 5.74) is 25.3. The van der Waals surface area contributed by atoms with Crippen molar-refractivity contribution in [2.45, 2.75) is 76.0 Å². The number of nitrogens with zero attached hydrogens (tertiary/aromatic N) is 1. The van der Waals surface area contributed by atoms with Crippen LogP contribution in [0.2, 0.25) is 0 Å². The number of guanidine groups is 1. The first-order valence-electron chi connectivity index (χ1n) is 11.2. The molecule has 0 aromatic heterocycles. The van der Waals surface area contributed by atoms with Gasteiger partial charge in [0.2, 0.25) is 23.6 Å². The molecule has 200 valence electrons. The van der Waals surface area contributed by atoms with Crippen LogP contribution in [0.5, 0.6) is 0 Å². The van der Waals surface area contributed by atoms with Crippen LogP contribution in [-0.2, 0) is 24.0 Å². The lowest BCUT2D eigenvalue weighted by atomic mass is 10.0. The zero-order valence-corrected chi connectivity index (χ0v) is 20.2. The van der Waals surface area contributed by atoms with E-state index in [1.807, 2.05) is 0 Å². The molecule has 0 aliphatic rings. The van der Waals surface area contributed by atoms with Crippen molar-refractivity contribution in [3.05, 3.63) is 0 Å². The predicted molar refractivity (Wildman–Crippen MR) is 128 cm³/mol. The quantitative estimate of drug-likeness (QED) is 0.0534. The fraction of sp³-hybridized carbons (Fsp3) is 0.700. The zero-order chi connectivity index (χ0) is 27.2. The maximum atomic E-state index is 13.0. The number of aliphatic carboxylic acids is 1. The van der Waals surface area contributed by atoms with E-state index < -0.39 is 59.7 Å². The molecule has 0 rings (SSSR count). The summed E-state index contributed by atoms with van der Waals surface area (Å²) in [6.07, 6.45) is 1.52. The summed E-state index contributed by atoms with van der Waals surface area (Å²) < 4.78 is 0. The van der Waals surface area contributed by atoms with Crippen molar-refractivity contribution in [3.8, 4) is 0 Å². The number of rotatable bonds is 17. The molecule has 0 heterocycles. The van der Waals surface area contributed by atoms with Gasteiger partial charge >= 0.3 is 5.97 Å². The number of amides is 4. The van der Waals surface area contributed by atoms with Crippen LogP contribution in [0, 0.1) is 0 Å². The molecule has 35 heavy (non-hydrogen) atoms. The van der Waals surface area contributed by atoms with Crippen molar-refractivity contribution in [1.29, 1.82) is 0 Å². The minimum atomic E-state index is -1.60. The Labute approximate surface area is 204 Å². The SMILES string of the molecule is CC(C)(NC(=O)[C@H](CCCN=C(N)N)NC(=O)[C@@H](N)CCCCN)C(=O)N[C@@H](CC(N)=O)C(=O)O. The standard InChI is InChI=1S/C20H39N9O6/c1-20(2,18(35)28-13(17(33)34)10-14(23)30)29-16(32)12(7-5-9-26-19(24)25)27-15(31)11(22)6-3-4-8-21/h11-13H,3-10,21-22H2,1-2H3,(H2,23,30)(H,27,31)(H,28,35)(H,29,32)(H,33,34)(H4,24,25,26)/t11-,12-,13-/m0/s1. The van der Waals surface area contributed by atoms with Gasteiger partial charge in [-0.15, -0.1) is 0 Å². The summed E-state index contributed by atoms with van der Waals surface area (Å²) in [7, 11) is 0. The van der Waals surface area contributed by atoms with Gasteiger partial charge in [-0.3, -0.25) is 24.2 Å². The van der Waals surface area contributed by atoms with E-state index in [4.69, 9.17) is 28.7 Å². The molecule has 0 aliphatic heterocycles. The number of aliphatic imine (C=N–C) groups is 1. The van der Waals surface area contributed by atoms with Crippen molar-refractivity contribution in [3.63, 3.8) is 0 Å². The summed E-state index contributed by atoms with van der Waals surface area (Å²) in [5, 5.41) is 16.4. The van der Waals surface area contributed by atoms with E-state index in [0.717, 1.165) is 0 Å². The minimum absolute atomic E-state index is 0.126. The summed E-state index contributed by atoms with van der Waals surface area (Å²) in [6.45, 7) is 3.33. The van der Waals surface area contributed by atoms with Crippen LogP contribution in [0.1, 0.15) is 52.4 Å². The van der Waals surface area contributed by atoms with Gasteiger partial charge < -0.3 is 49.7 Å². The number of primary amides is 1. The molecule has 15 nitrogen and oxygen atoms in total. The highest BCUT2D eigenvalue weighted by Gasteiger charge is 2.35. The number of unbranched alkanes of at least 4 members (excludes halogenated alkanes) is 1. The van der Waals surface area contributed by atoms with Gasteiger partial charge in [-0.05, 0) is 46.1 Å². The van der Waals surface area contributed by atoms with Gasteiger partial charge in [-0.25, -0.2) is 4.79 Å². The lowest BCUT2D eigenvalue weighted by Crippen LogP contribution is -2.61. The van der Waals surface area contributed by atoms with Crippen LogP contribution in [0.15, 0.2) is 4.99 Å². The molecule has 15 heteroatoms. The highest BCUT2D eigenvalue weighted by molar-refractivity contribution is 5.96. The largest absolute Gasteiger partial charge is 0.480 e. The first-order chi connectivity index (χ1) is 16.2. The first kappa shape index (κ1) is 31.5. The smallest absolute Gasteiger partial charge is 0.326 e. The van der Waals surface area contributed by atoms with Gasteiger partial charge in [0, 0.05) is 6.54 Å². The molecule has 4 amide bonds. The van der Waals surface area contributed by atoms with Crippen LogP contribution in [-0.4, -0.2) is 77.4 Å². The summed E-state index contributed by atoms with van der Waals surface area (Å²) in [5.74, 6) is -4.65. The Balaban J connectivity index is 5.38. The highest BCUT2D eigenvalue weighted by Crippen LogP contribution is 2.08. The topological polar surface area (TPSA) is 284 Å². The summed E-state index contributed by atoms with van der Waals surface area (Å²) in [6, 6.07) is -3.51. The molecule has 0 aromatic rings. The fourth-order valence-corrected chi connectivity index (χ4v) is 2.88. The van der Waals surface area contributed by atoms with Crippen LogP contribution in [0.4, 0.5) is 0 Å². The average Bonchev–Trinajstić information content (AvgIpc) is 2.74. The molecule has 0 aliphatic carbocycles. The molecule has 3 atom stereocenters. The number of carbonyl (C=O) groups is 5. The number of hydrogen-bond donors (Lipinski definition) is 9.